The quantitative estimate of drug-likeness (QED) is 0.383. The molecule has 0 spiro atoms. The Kier molecular flexibility index (Phi) is 4.93. The third-order valence-electron chi connectivity index (χ3n) is 5.07. The summed E-state index contributed by atoms with van der Waals surface area (Å²) >= 11 is 0. The fraction of sp³-hybridized carbons (Fsp3) is 0.182. The van der Waals surface area contributed by atoms with Gasteiger partial charge in [0.15, 0.2) is 0 Å². The average Bonchev–Trinajstić information content (AvgIpc) is 2.71. The summed E-state index contributed by atoms with van der Waals surface area (Å²) in [6, 6.07) is 15.0. The van der Waals surface area contributed by atoms with E-state index in [4.69, 9.17) is 0 Å². The van der Waals surface area contributed by atoms with Crippen molar-refractivity contribution in [2.45, 2.75) is 0 Å². The van der Waals surface area contributed by atoms with Gasteiger partial charge in [0.05, 0.1) is 10.5 Å². The van der Waals surface area contributed by atoms with E-state index < -0.39 is 4.92 Å². The fourth-order valence-corrected chi connectivity index (χ4v) is 3.57. The van der Waals surface area contributed by atoms with E-state index in [0.29, 0.717) is 41.0 Å². The minimum Gasteiger partial charge on any atom is -0.355 e. The highest BCUT2D eigenvalue weighted by Crippen LogP contribution is 2.33. The van der Waals surface area contributed by atoms with E-state index in [-0.39, 0.29) is 17.5 Å². The van der Waals surface area contributed by atoms with Crippen LogP contribution in [0.1, 0.15) is 20.7 Å². The molecule has 8 heteroatoms. The molecular weight excluding hydrogens is 384 g/mol. The van der Waals surface area contributed by atoms with Gasteiger partial charge in [-0.15, -0.1) is 0 Å². The maximum absolute atomic E-state index is 13.1. The largest absolute Gasteiger partial charge is 0.355 e. The zero-order valence-corrected chi connectivity index (χ0v) is 16.6. The molecule has 0 saturated carbocycles. The highest BCUT2D eigenvalue weighted by Gasteiger charge is 2.32. The number of nitrogens with zero attached hydrogens (tertiary/aromatic N) is 3. The van der Waals surface area contributed by atoms with Crippen LogP contribution in [0.15, 0.2) is 54.6 Å². The Morgan fingerprint density at radius 2 is 1.67 bits per heavy atom. The predicted octanol–water partition coefficient (Wildman–Crippen LogP) is 3.65. The van der Waals surface area contributed by atoms with Gasteiger partial charge < -0.3 is 10.2 Å². The van der Waals surface area contributed by atoms with Crippen LogP contribution in [0.4, 0.5) is 17.1 Å². The molecule has 0 atom stereocenters. The van der Waals surface area contributed by atoms with Crippen LogP contribution in [0.25, 0.3) is 10.8 Å². The van der Waals surface area contributed by atoms with Crippen molar-refractivity contribution in [1.29, 1.82) is 0 Å². The third kappa shape index (κ3) is 3.48. The lowest BCUT2D eigenvalue weighted by molar-refractivity contribution is -0.384. The van der Waals surface area contributed by atoms with Gasteiger partial charge in [0.2, 0.25) is 0 Å². The average molecular weight is 404 g/mol. The molecule has 1 heterocycles. The van der Waals surface area contributed by atoms with Crippen molar-refractivity contribution in [3.63, 3.8) is 0 Å². The second-order valence-electron chi connectivity index (χ2n) is 7.42. The molecule has 0 radical (unpaired) electrons. The van der Waals surface area contributed by atoms with Gasteiger partial charge in [-0.05, 0) is 49.8 Å². The van der Waals surface area contributed by atoms with Gasteiger partial charge >= 0.3 is 0 Å². The number of rotatable bonds is 6. The maximum atomic E-state index is 13.1. The highest BCUT2D eigenvalue weighted by molar-refractivity contribution is 6.26. The van der Waals surface area contributed by atoms with Crippen LogP contribution < -0.4 is 5.32 Å². The van der Waals surface area contributed by atoms with Gasteiger partial charge in [0.25, 0.3) is 17.5 Å². The summed E-state index contributed by atoms with van der Waals surface area (Å²) in [6.07, 6.45) is 0. The zero-order valence-electron chi connectivity index (χ0n) is 16.6. The van der Waals surface area contributed by atoms with E-state index in [0.717, 1.165) is 5.39 Å². The summed E-state index contributed by atoms with van der Waals surface area (Å²) in [5.74, 6) is -0.603. The number of hydrogen-bond donors (Lipinski definition) is 1. The first kappa shape index (κ1) is 19.5. The van der Waals surface area contributed by atoms with Crippen molar-refractivity contribution in [2.24, 2.45) is 0 Å². The summed E-state index contributed by atoms with van der Waals surface area (Å²) < 4.78 is 0. The van der Waals surface area contributed by atoms with Crippen LogP contribution in [0.2, 0.25) is 0 Å². The van der Waals surface area contributed by atoms with E-state index in [9.17, 15) is 19.7 Å². The first-order chi connectivity index (χ1) is 14.3. The van der Waals surface area contributed by atoms with Crippen LogP contribution in [0.5, 0.6) is 0 Å². The van der Waals surface area contributed by atoms with E-state index in [1.54, 1.807) is 30.3 Å². The van der Waals surface area contributed by atoms with Crippen LogP contribution >= 0.6 is 0 Å². The van der Waals surface area contributed by atoms with Crippen molar-refractivity contribution >= 4 is 39.6 Å². The fourth-order valence-electron chi connectivity index (χ4n) is 3.57. The highest BCUT2D eigenvalue weighted by atomic mass is 16.6. The standard InChI is InChI=1S/C22H20N4O4/c1-24(2)10-11-25-21(27)18-5-3-4-14-12-16(13-19(20(14)18)22(25)28)23-15-6-8-17(9-7-15)26(29)30/h3-9,12-13,23H,10-11H2,1-2H3. The van der Waals surface area contributed by atoms with Crippen molar-refractivity contribution < 1.29 is 14.5 Å². The van der Waals surface area contributed by atoms with Gasteiger partial charge in [-0.1, -0.05) is 12.1 Å². The molecule has 0 aromatic heterocycles. The third-order valence-corrected chi connectivity index (χ3v) is 5.07. The molecule has 3 aromatic carbocycles. The Labute approximate surface area is 172 Å². The maximum Gasteiger partial charge on any atom is 0.269 e. The number of nitro groups is 1. The van der Waals surface area contributed by atoms with Gasteiger partial charge in [-0.25, -0.2) is 0 Å². The molecule has 1 aliphatic heterocycles. The van der Waals surface area contributed by atoms with Crippen LogP contribution in [-0.4, -0.2) is 53.7 Å². The van der Waals surface area contributed by atoms with Gasteiger partial charge in [-0.2, -0.15) is 0 Å². The van der Waals surface area contributed by atoms with E-state index in [1.165, 1.54) is 17.0 Å². The van der Waals surface area contributed by atoms with Crippen molar-refractivity contribution in [3.8, 4) is 0 Å². The first-order valence-electron chi connectivity index (χ1n) is 9.44. The SMILES string of the molecule is CN(C)CCN1C(=O)c2cccc3cc(Nc4ccc([N+](=O)[O-])cc4)cc(c23)C1=O. The lowest BCUT2D eigenvalue weighted by Gasteiger charge is -2.28. The number of anilines is 2. The number of non-ortho nitro benzene ring substituents is 1. The Morgan fingerprint density at radius 1 is 0.967 bits per heavy atom. The molecule has 0 saturated heterocycles. The predicted molar refractivity (Wildman–Crippen MR) is 114 cm³/mol. The summed E-state index contributed by atoms with van der Waals surface area (Å²) in [6.45, 7) is 0.879. The van der Waals surface area contributed by atoms with E-state index in [1.807, 2.05) is 31.1 Å². The minimum atomic E-state index is -0.455. The van der Waals surface area contributed by atoms with Crippen molar-refractivity contribution in [3.05, 3.63) is 75.8 Å². The lowest BCUT2D eigenvalue weighted by atomic mass is 9.93. The molecule has 152 valence electrons. The monoisotopic (exact) mass is 404 g/mol. The topological polar surface area (TPSA) is 95.8 Å². The number of nitro benzene ring substituents is 1. The molecule has 0 aliphatic carbocycles. The molecule has 0 fully saturated rings. The number of imide groups is 1. The Bertz CT molecular complexity index is 1170. The number of benzene rings is 3. The summed E-state index contributed by atoms with van der Waals surface area (Å²) in [5, 5.41) is 15.5. The molecule has 8 nitrogen and oxygen atoms in total. The number of carbonyl (C=O) groups excluding carboxylic acids is 2. The molecule has 0 bridgehead atoms. The van der Waals surface area contributed by atoms with Crippen molar-refractivity contribution in [2.75, 3.05) is 32.5 Å². The summed E-state index contributed by atoms with van der Waals surface area (Å²) in [5.41, 5.74) is 2.31. The van der Waals surface area contributed by atoms with E-state index in [2.05, 4.69) is 5.32 Å². The summed E-state index contributed by atoms with van der Waals surface area (Å²) in [7, 11) is 3.78. The molecule has 1 N–H and O–H groups in total. The smallest absolute Gasteiger partial charge is 0.269 e. The molecular formula is C22H20N4O4. The molecule has 0 unspecified atom stereocenters. The Balaban J connectivity index is 1.73. The lowest BCUT2D eigenvalue weighted by Crippen LogP contribution is -2.43. The van der Waals surface area contributed by atoms with Crippen LogP contribution in [0.3, 0.4) is 0 Å². The molecule has 3 aromatic rings. The second kappa shape index (κ2) is 7.57. The second-order valence-corrected chi connectivity index (χ2v) is 7.42. The number of hydrogen-bond acceptors (Lipinski definition) is 6. The van der Waals surface area contributed by atoms with Crippen LogP contribution in [-0.2, 0) is 0 Å². The number of amides is 2. The molecule has 4 rings (SSSR count). The molecule has 2 amide bonds. The Morgan fingerprint density at radius 3 is 2.33 bits per heavy atom. The van der Waals surface area contributed by atoms with Crippen molar-refractivity contribution in [1.82, 2.24) is 9.80 Å². The number of nitrogens with one attached hydrogen (secondary N) is 1. The first-order valence-corrected chi connectivity index (χ1v) is 9.44. The van der Waals surface area contributed by atoms with E-state index >= 15 is 0 Å². The number of likely N-dealkylation sites (N-methyl/N-ethyl adjacent to an activating group) is 1. The molecule has 30 heavy (non-hydrogen) atoms. The normalized spacial score (nSPS) is 13.2. The van der Waals surface area contributed by atoms with Gasteiger partial charge in [0, 0.05) is 47.5 Å². The zero-order chi connectivity index (χ0) is 21.4. The van der Waals surface area contributed by atoms with Gasteiger partial charge in [0.1, 0.15) is 0 Å². The van der Waals surface area contributed by atoms with Crippen LogP contribution in [0, 0.1) is 10.1 Å². The summed E-state index contributed by atoms with van der Waals surface area (Å²) in [4.78, 5) is 39.6. The van der Waals surface area contributed by atoms with Gasteiger partial charge in [-0.3, -0.25) is 24.6 Å². The Hall–Kier alpha value is -3.78. The minimum absolute atomic E-state index is 0.00372. The molecule has 1 aliphatic rings. The number of carbonyl (C=O) groups is 2.